The summed E-state index contributed by atoms with van der Waals surface area (Å²) >= 11 is 5.25. The van der Waals surface area contributed by atoms with E-state index in [4.69, 9.17) is 21.7 Å². The standard InChI is InChI=1S/C23H30N2O3S/c1-3-5-6-7-16-28-20-13-11-18(12-14-20)22(26)25-23(29)24-19-9-8-10-21(17-19)27-15-4-2/h8-14,17H,3-7,15-16H2,1-2H3,(H2,24,25,26,29). The highest BCUT2D eigenvalue weighted by molar-refractivity contribution is 7.80. The summed E-state index contributed by atoms with van der Waals surface area (Å²) in [7, 11) is 0. The fourth-order valence-corrected chi connectivity index (χ4v) is 2.85. The molecule has 2 aromatic rings. The Morgan fingerprint density at radius 2 is 1.66 bits per heavy atom. The number of anilines is 1. The van der Waals surface area contributed by atoms with E-state index in [1.54, 1.807) is 24.3 Å². The molecule has 0 aromatic heterocycles. The Morgan fingerprint density at radius 3 is 2.38 bits per heavy atom. The van der Waals surface area contributed by atoms with Crippen molar-refractivity contribution in [1.82, 2.24) is 5.32 Å². The van der Waals surface area contributed by atoms with Crippen LogP contribution in [-0.4, -0.2) is 24.2 Å². The van der Waals surface area contributed by atoms with Crippen LogP contribution in [0.4, 0.5) is 5.69 Å². The van der Waals surface area contributed by atoms with E-state index in [2.05, 4.69) is 24.5 Å². The van der Waals surface area contributed by atoms with Gasteiger partial charge in [-0.2, -0.15) is 0 Å². The first-order chi connectivity index (χ1) is 14.1. The Hall–Kier alpha value is -2.60. The first-order valence-electron chi connectivity index (χ1n) is 10.2. The second-order valence-corrected chi connectivity index (χ2v) is 7.13. The van der Waals surface area contributed by atoms with Crippen LogP contribution < -0.4 is 20.1 Å². The van der Waals surface area contributed by atoms with E-state index in [-0.39, 0.29) is 11.0 Å². The fourth-order valence-electron chi connectivity index (χ4n) is 2.64. The summed E-state index contributed by atoms with van der Waals surface area (Å²) in [6.45, 7) is 5.59. The summed E-state index contributed by atoms with van der Waals surface area (Å²) in [4.78, 5) is 12.4. The SMILES string of the molecule is CCCCCCOc1ccc(C(=O)NC(=S)Nc2cccc(OCCC)c2)cc1. The normalized spacial score (nSPS) is 10.3. The highest BCUT2D eigenvalue weighted by Gasteiger charge is 2.09. The molecule has 0 atom stereocenters. The van der Waals surface area contributed by atoms with Crippen molar-refractivity contribution in [2.24, 2.45) is 0 Å². The quantitative estimate of drug-likeness (QED) is 0.372. The van der Waals surface area contributed by atoms with Gasteiger partial charge in [0.15, 0.2) is 5.11 Å². The van der Waals surface area contributed by atoms with Gasteiger partial charge in [-0.15, -0.1) is 0 Å². The van der Waals surface area contributed by atoms with Crippen molar-refractivity contribution >= 4 is 28.9 Å². The maximum Gasteiger partial charge on any atom is 0.257 e. The molecule has 0 aliphatic heterocycles. The highest BCUT2D eigenvalue weighted by atomic mass is 32.1. The predicted molar refractivity (Wildman–Crippen MR) is 122 cm³/mol. The van der Waals surface area contributed by atoms with Crippen LogP contribution >= 0.6 is 12.2 Å². The lowest BCUT2D eigenvalue weighted by molar-refractivity contribution is 0.0977. The van der Waals surface area contributed by atoms with Gasteiger partial charge in [0.25, 0.3) is 5.91 Å². The molecule has 0 aliphatic rings. The summed E-state index contributed by atoms with van der Waals surface area (Å²) in [6.07, 6.45) is 5.59. The van der Waals surface area contributed by atoms with Crippen molar-refractivity contribution < 1.29 is 14.3 Å². The van der Waals surface area contributed by atoms with Crippen LogP contribution in [0.5, 0.6) is 11.5 Å². The third-order valence-electron chi connectivity index (χ3n) is 4.17. The Bertz CT molecular complexity index is 778. The smallest absolute Gasteiger partial charge is 0.257 e. The lowest BCUT2D eigenvalue weighted by Crippen LogP contribution is -2.34. The summed E-state index contributed by atoms with van der Waals surface area (Å²) in [5.41, 5.74) is 1.28. The minimum Gasteiger partial charge on any atom is -0.494 e. The van der Waals surface area contributed by atoms with Crippen molar-refractivity contribution in [3.63, 3.8) is 0 Å². The van der Waals surface area contributed by atoms with Gasteiger partial charge in [0, 0.05) is 17.3 Å². The van der Waals surface area contributed by atoms with Gasteiger partial charge in [0.2, 0.25) is 0 Å². The fraction of sp³-hybridized carbons (Fsp3) is 0.391. The van der Waals surface area contributed by atoms with Crippen molar-refractivity contribution in [1.29, 1.82) is 0 Å². The summed E-state index contributed by atoms with van der Waals surface area (Å²) in [6, 6.07) is 14.6. The zero-order valence-corrected chi connectivity index (χ0v) is 18.0. The van der Waals surface area contributed by atoms with Gasteiger partial charge in [-0.3, -0.25) is 10.1 Å². The topological polar surface area (TPSA) is 59.6 Å². The molecular weight excluding hydrogens is 384 g/mol. The zero-order chi connectivity index (χ0) is 20.9. The Labute approximate surface area is 178 Å². The molecule has 5 nitrogen and oxygen atoms in total. The molecule has 0 saturated heterocycles. The molecule has 29 heavy (non-hydrogen) atoms. The van der Waals surface area contributed by atoms with Gasteiger partial charge < -0.3 is 14.8 Å². The molecule has 0 bridgehead atoms. The Balaban J connectivity index is 1.81. The summed E-state index contributed by atoms with van der Waals surface area (Å²) in [5.74, 6) is 1.26. The monoisotopic (exact) mass is 414 g/mol. The van der Waals surface area contributed by atoms with Crippen LogP contribution in [0.1, 0.15) is 56.3 Å². The van der Waals surface area contributed by atoms with E-state index >= 15 is 0 Å². The van der Waals surface area contributed by atoms with E-state index in [0.717, 1.165) is 30.0 Å². The van der Waals surface area contributed by atoms with Crippen LogP contribution in [0.25, 0.3) is 0 Å². The minimum atomic E-state index is -0.268. The third-order valence-corrected chi connectivity index (χ3v) is 4.38. The van der Waals surface area contributed by atoms with Gasteiger partial charge in [-0.05, 0) is 61.5 Å². The van der Waals surface area contributed by atoms with Crippen molar-refractivity contribution in [3.05, 3.63) is 54.1 Å². The van der Waals surface area contributed by atoms with Crippen molar-refractivity contribution in [2.75, 3.05) is 18.5 Å². The zero-order valence-electron chi connectivity index (χ0n) is 17.2. The number of hydrogen-bond acceptors (Lipinski definition) is 4. The maximum absolute atomic E-state index is 12.4. The number of amides is 1. The Morgan fingerprint density at radius 1 is 0.897 bits per heavy atom. The lowest BCUT2D eigenvalue weighted by Gasteiger charge is -2.12. The van der Waals surface area contributed by atoms with E-state index < -0.39 is 0 Å². The molecule has 0 radical (unpaired) electrons. The molecule has 0 saturated carbocycles. The molecule has 2 rings (SSSR count). The highest BCUT2D eigenvalue weighted by Crippen LogP contribution is 2.18. The minimum absolute atomic E-state index is 0.235. The van der Waals surface area contributed by atoms with Crippen molar-refractivity contribution in [3.8, 4) is 11.5 Å². The largest absolute Gasteiger partial charge is 0.494 e. The van der Waals surface area contributed by atoms with Crippen LogP contribution in [0.2, 0.25) is 0 Å². The van der Waals surface area contributed by atoms with Crippen LogP contribution in [0.15, 0.2) is 48.5 Å². The average molecular weight is 415 g/mol. The number of nitrogens with one attached hydrogen (secondary N) is 2. The lowest BCUT2D eigenvalue weighted by atomic mass is 10.2. The van der Waals surface area contributed by atoms with Gasteiger partial charge in [-0.25, -0.2) is 0 Å². The van der Waals surface area contributed by atoms with Gasteiger partial charge in [0.05, 0.1) is 13.2 Å². The molecule has 6 heteroatoms. The molecule has 2 aromatic carbocycles. The first kappa shape index (κ1) is 22.7. The predicted octanol–water partition coefficient (Wildman–Crippen LogP) is 5.56. The number of benzene rings is 2. The van der Waals surface area contributed by atoms with Crippen LogP contribution in [-0.2, 0) is 0 Å². The van der Waals surface area contributed by atoms with E-state index in [1.807, 2.05) is 24.3 Å². The molecule has 0 fully saturated rings. The van der Waals surface area contributed by atoms with E-state index in [9.17, 15) is 4.79 Å². The molecular formula is C23H30N2O3S. The number of rotatable bonds is 11. The molecule has 156 valence electrons. The molecule has 0 unspecified atom stereocenters. The van der Waals surface area contributed by atoms with Gasteiger partial charge in [0.1, 0.15) is 11.5 Å². The maximum atomic E-state index is 12.4. The van der Waals surface area contributed by atoms with Crippen LogP contribution in [0.3, 0.4) is 0 Å². The Kier molecular flexibility index (Phi) is 10.00. The van der Waals surface area contributed by atoms with E-state index in [1.165, 1.54) is 19.3 Å². The van der Waals surface area contributed by atoms with Crippen molar-refractivity contribution in [2.45, 2.75) is 46.0 Å². The molecule has 2 N–H and O–H groups in total. The number of unbranched alkanes of at least 4 members (excludes halogenated alkanes) is 3. The average Bonchev–Trinajstić information content (AvgIpc) is 2.72. The van der Waals surface area contributed by atoms with E-state index in [0.29, 0.717) is 18.8 Å². The summed E-state index contributed by atoms with van der Waals surface area (Å²) in [5, 5.41) is 5.94. The second-order valence-electron chi connectivity index (χ2n) is 6.72. The molecule has 1 amide bonds. The number of thiocarbonyl (C=S) groups is 1. The first-order valence-corrected chi connectivity index (χ1v) is 10.6. The third kappa shape index (κ3) is 8.52. The van der Waals surface area contributed by atoms with Gasteiger partial charge >= 0.3 is 0 Å². The van der Waals surface area contributed by atoms with Crippen LogP contribution in [0, 0.1) is 0 Å². The molecule has 0 spiro atoms. The summed E-state index contributed by atoms with van der Waals surface area (Å²) < 4.78 is 11.3. The van der Waals surface area contributed by atoms with Gasteiger partial charge in [-0.1, -0.05) is 39.2 Å². The number of carbonyl (C=O) groups excluding carboxylic acids is 1. The number of hydrogen-bond donors (Lipinski definition) is 2. The molecule has 0 aliphatic carbocycles. The molecule has 0 heterocycles. The number of ether oxygens (including phenoxy) is 2. The second kappa shape index (κ2) is 12.8. The number of carbonyl (C=O) groups is 1.